The minimum Gasteiger partial charge on any atom is -0.309 e. The summed E-state index contributed by atoms with van der Waals surface area (Å²) < 4.78 is 0. The van der Waals surface area contributed by atoms with Crippen LogP contribution in [-0.2, 0) is 0 Å². The third-order valence-electron chi connectivity index (χ3n) is 3.49. The van der Waals surface area contributed by atoms with E-state index < -0.39 is 0 Å². The molecule has 3 rings (SSSR count). The predicted molar refractivity (Wildman–Crippen MR) is 92.3 cm³/mol. The first-order valence-electron chi connectivity index (χ1n) is 7.35. The fourth-order valence-corrected chi connectivity index (χ4v) is 2.34. The Morgan fingerprint density at radius 3 is 2.32 bits per heavy atom. The summed E-state index contributed by atoms with van der Waals surface area (Å²) in [6.07, 6.45) is 11.8. The Morgan fingerprint density at radius 1 is 0.909 bits per heavy atom. The second-order valence-electron chi connectivity index (χ2n) is 5.86. The third-order valence-corrected chi connectivity index (χ3v) is 3.49. The van der Waals surface area contributed by atoms with E-state index in [-0.39, 0.29) is 5.41 Å². The molecule has 1 aromatic heterocycles. The molecule has 3 nitrogen and oxygen atoms in total. The summed E-state index contributed by atoms with van der Waals surface area (Å²) in [6, 6.07) is 14.3. The van der Waals surface area contributed by atoms with Gasteiger partial charge in [-0.25, -0.2) is 0 Å². The lowest BCUT2D eigenvalue weighted by Crippen LogP contribution is -2.15. The number of hydrogen-bond acceptors (Lipinski definition) is 3. The summed E-state index contributed by atoms with van der Waals surface area (Å²) in [7, 11) is 0. The summed E-state index contributed by atoms with van der Waals surface area (Å²) in [5.74, 6) is 0. The molecule has 3 heteroatoms. The Balaban J connectivity index is 2.08. The van der Waals surface area contributed by atoms with Crippen molar-refractivity contribution in [1.29, 1.82) is 0 Å². The monoisotopic (exact) mass is 289 g/mol. The zero-order chi connectivity index (χ0) is 15.4. The van der Waals surface area contributed by atoms with Gasteiger partial charge in [0.2, 0.25) is 0 Å². The third kappa shape index (κ3) is 3.14. The molecule has 0 saturated carbocycles. The van der Waals surface area contributed by atoms with Crippen molar-refractivity contribution >= 4 is 17.6 Å². The summed E-state index contributed by atoms with van der Waals surface area (Å²) in [6.45, 7) is 4.28. The Bertz CT molecular complexity index is 673. The largest absolute Gasteiger partial charge is 0.309 e. The molecule has 2 heterocycles. The van der Waals surface area contributed by atoms with Crippen LogP contribution >= 0.6 is 0 Å². The topological polar surface area (TPSA) is 28.5 Å². The van der Waals surface area contributed by atoms with E-state index in [1.807, 2.05) is 42.7 Å². The maximum atomic E-state index is 4.47. The van der Waals surface area contributed by atoms with E-state index in [0.717, 1.165) is 17.1 Å². The van der Waals surface area contributed by atoms with Crippen molar-refractivity contribution in [3.63, 3.8) is 0 Å². The fourth-order valence-electron chi connectivity index (χ4n) is 2.34. The predicted octanol–water partition coefficient (Wildman–Crippen LogP) is 4.73. The van der Waals surface area contributed by atoms with E-state index in [1.165, 1.54) is 0 Å². The number of para-hydroxylation sites is 1. The van der Waals surface area contributed by atoms with Gasteiger partial charge in [0, 0.05) is 35.4 Å². The minimum atomic E-state index is -0.0428. The van der Waals surface area contributed by atoms with Gasteiger partial charge in [-0.15, -0.1) is 0 Å². The minimum absolute atomic E-state index is 0.0428. The molecular weight excluding hydrogens is 270 g/mol. The molecule has 1 aliphatic heterocycles. The van der Waals surface area contributed by atoms with Crippen LogP contribution in [0.4, 0.5) is 11.4 Å². The van der Waals surface area contributed by atoms with Crippen molar-refractivity contribution in [2.24, 2.45) is 10.4 Å². The molecule has 0 atom stereocenters. The highest BCUT2D eigenvalue weighted by Gasteiger charge is 2.17. The van der Waals surface area contributed by atoms with Crippen LogP contribution in [0.5, 0.6) is 0 Å². The van der Waals surface area contributed by atoms with Gasteiger partial charge in [0.1, 0.15) is 0 Å². The van der Waals surface area contributed by atoms with Crippen LogP contribution in [0.3, 0.4) is 0 Å². The van der Waals surface area contributed by atoms with E-state index in [9.17, 15) is 0 Å². The van der Waals surface area contributed by atoms with Crippen LogP contribution in [-0.4, -0.2) is 11.2 Å². The normalized spacial score (nSPS) is 16.0. The van der Waals surface area contributed by atoms with Gasteiger partial charge in [-0.3, -0.25) is 9.98 Å². The highest BCUT2D eigenvalue weighted by atomic mass is 15.2. The second kappa shape index (κ2) is 5.98. The first kappa shape index (κ1) is 14.3. The number of allylic oxidation sites excluding steroid dienone is 2. The molecule has 1 aromatic carbocycles. The highest BCUT2D eigenvalue weighted by Crippen LogP contribution is 2.31. The Hall–Kier alpha value is -2.68. The molecule has 0 radical (unpaired) electrons. The lowest BCUT2D eigenvalue weighted by molar-refractivity contribution is 0.695. The van der Waals surface area contributed by atoms with Crippen LogP contribution in [0.2, 0.25) is 0 Å². The van der Waals surface area contributed by atoms with Crippen LogP contribution in [0.1, 0.15) is 13.8 Å². The number of benzene rings is 1. The number of anilines is 2. The Kier molecular flexibility index (Phi) is 3.88. The number of pyridine rings is 1. The average molecular weight is 289 g/mol. The van der Waals surface area contributed by atoms with Crippen LogP contribution in [0, 0.1) is 5.41 Å². The highest BCUT2D eigenvalue weighted by molar-refractivity contribution is 5.73. The van der Waals surface area contributed by atoms with Crippen molar-refractivity contribution in [1.82, 2.24) is 4.98 Å². The van der Waals surface area contributed by atoms with Gasteiger partial charge >= 0.3 is 0 Å². The van der Waals surface area contributed by atoms with Crippen molar-refractivity contribution in [3.05, 3.63) is 78.9 Å². The fraction of sp³-hybridized carbons (Fsp3) is 0.158. The standard InChI is InChI=1S/C19H19N3/c1-19(2)11-8-18(14-21-15-19)22(16-6-4-3-5-7-16)17-9-12-20-13-10-17/h3-15H,1-2H3. The molecule has 0 unspecified atom stereocenters. The average Bonchev–Trinajstić information content (AvgIpc) is 2.71. The van der Waals surface area contributed by atoms with Crippen molar-refractivity contribution in [2.75, 3.05) is 4.90 Å². The Labute approximate surface area is 131 Å². The molecule has 0 amide bonds. The van der Waals surface area contributed by atoms with Crippen LogP contribution in [0.25, 0.3) is 0 Å². The van der Waals surface area contributed by atoms with Crippen LogP contribution in [0.15, 0.2) is 83.9 Å². The van der Waals surface area contributed by atoms with Gasteiger partial charge in [0.05, 0.1) is 11.9 Å². The first-order chi connectivity index (χ1) is 10.7. The number of rotatable bonds is 3. The van der Waals surface area contributed by atoms with Gasteiger partial charge in [-0.1, -0.05) is 38.1 Å². The lowest BCUT2D eigenvalue weighted by atomic mass is 9.95. The van der Waals surface area contributed by atoms with Gasteiger partial charge in [-0.2, -0.15) is 0 Å². The number of hydrogen-bond donors (Lipinski definition) is 0. The molecule has 0 aliphatic carbocycles. The van der Waals surface area contributed by atoms with E-state index in [2.05, 4.69) is 53.0 Å². The molecular formula is C19H19N3. The van der Waals surface area contributed by atoms with E-state index in [0.29, 0.717) is 0 Å². The number of aliphatic imine (C=N–C) groups is 1. The van der Waals surface area contributed by atoms with Crippen LogP contribution < -0.4 is 4.90 Å². The van der Waals surface area contributed by atoms with Crippen molar-refractivity contribution in [3.8, 4) is 0 Å². The van der Waals surface area contributed by atoms with E-state index in [1.54, 1.807) is 12.4 Å². The van der Waals surface area contributed by atoms with Gasteiger partial charge < -0.3 is 4.90 Å². The molecule has 0 bridgehead atoms. The summed E-state index contributed by atoms with van der Waals surface area (Å²) >= 11 is 0. The molecule has 110 valence electrons. The lowest BCUT2D eigenvalue weighted by Gasteiger charge is -2.25. The summed E-state index contributed by atoms with van der Waals surface area (Å²) in [5.41, 5.74) is 3.14. The maximum Gasteiger partial charge on any atom is 0.0641 e. The molecule has 0 spiro atoms. The van der Waals surface area contributed by atoms with Crippen molar-refractivity contribution in [2.45, 2.75) is 13.8 Å². The first-order valence-corrected chi connectivity index (χ1v) is 7.35. The number of aromatic nitrogens is 1. The number of nitrogens with zero attached hydrogens (tertiary/aromatic N) is 3. The molecule has 22 heavy (non-hydrogen) atoms. The molecule has 2 aromatic rings. The maximum absolute atomic E-state index is 4.47. The van der Waals surface area contributed by atoms with Crippen molar-refractivity contribution < 1.29 is 0 Å². The summed E-state index contributed by atoms with van der Waals surface area (Å²) in [5, 5.41) is 0. The quantitative estimate of drug-likeness (QED) is 0.817. The zero-order valence-electron chi connectivity index (χ0n) is 12.8. The smallest absolute Gasteiger partial charge is 0.0641 e. The second-order valence-corrected chi connectivity index (χ2v) is 5.86. The van der Waals surface area contributed by atoms with Gasteiger partial charge in [0.15, 0.2) is 0 Å². The molecule has 0 saturated heterocycles. The van der Waals surface area contributed by atoms with E-state index >= 15 is 0 Å². The zero-order valence-corrected chi connectivity index (χ0v) is 12.8. The summed E-state index contributed by atoms with van der Waals surface area (Å²) in [4.78, 5) is 10.8. The van der Waals surface area contributed by atoms with Gasteiger partial charge in [0.25, 0.3) is 0 Å². The SMILES string of the molecule is CC1(C)C=CC(N(c2ccccc2)c2ccncc2)=CN=C1. The Morgan fingerprint density at radius 2 is 1.59 bits per heavy atom. The van der Waals surface area contributed by atoms with Gasteiger partial charge in [-0.05, 0) is 30.3 Å². The molecule has 0 fully saturated rings. The van der Waals surface area contributed by atoms with E-state index in [4.69, 9.17) is 0 Å². The molecule has 0 N–H and O–H groups in total. The molecule has 1 aliphatic rings.